The zero-order valence-corrected chi connectivity index (χ0v) is 13.2. The highest BCUT2D eigenvalue weighted by Crippen LogP contribution is 2.28. The van der Waals surface area contributed by atoms with Crippen molar-refractivity contribution in [1.82, 2.24) is 10.3 Å². The first-order chi connectivity index (χ1) is 11.4. The van der Waals surface area contributed by atoms with E-state index < -0.39 is 0 Å². The summed E-state index contributed by atoms with van der Waals surface area (Å²) in [6.45, 7) is 3.06. The second-order valence-corrected chi connectivity index (χ2v) is 6.09. The van der Waals surface area contributed by atoms with Crippen molar-refractivity contribution in [3.63, 3.8) is 0 Å². The van der Waals surface area contributed by atoms with Gasteiger partial charge in [-0.1, -0.05) is 48.5 Å². The standard InChI is InChI=1S/C20H21N3/c1-2-6-16(7-3-1)14-18-15-21-12-13-23(18)19-10-4-8-17-9-5-11-22-20(17)19/h1-11,18,21H,12-15H2. The van der Waals surface area contributed by atoms with Crippen LogP contribution in [0.4, 0.5) is 5.69 Å². The van der Waals surface area contributed by atoms with Crippen LogP contribution in [0.1, 0.15) is 5.56 Å². The highest BCUT2D eigenvalue weighted by Gasteiger charge is 2.24. The van der Waals surface area contributed by atoms with Crippen molar-refractivity contribution < 1.29 is 0 Å². The monoisotopic (exact) mass is 303 g/mol. The molecule has 1 saturated heterocycles. The molecule has 1 aromatic heterocycles. The van der Waals surface area contributed by atoms with Gasteiger partial charge in [-0.2, -0.15) is 0 Å². The van der Waals surface area contributed by atoms with Crippen LogP contribution in [0.15, 0.2) is 66.9 Å². The lowest BCUT2D eigenvalue weighted by Crippen LogP contribution is -2.52. The minimum absolute atomic E-state index is 0.457. The van der Waals surface area contributed by atoms with Crippen LogP contribution in [0, 0.1) is 0 Å². The van der Waals surface area contributed by atoms with E-state index in [-0.39, 0.29) is 0 Å². The fraction of sp³-hybridized carbons (Fsp3) is 0.250. The number of benzene rings is 2. The Morgan fingerprint density at radius 1 is 1.00 bits per heavy atom. The average molecular weight is 303 g/mol. The average Bonchev–Trinajstić information content (AvgIpc) is 2.63. The van der Waals surface area contributed by atoms with Gasteiger partial charge in [0.05, 0.1) is 11.2 Å². The van der Waals surface area contributed by atoms with Crippen LogP contribution >= 0.6 is 0 Å². The molecule has 1 fully saturated rings. The molecule has 0 saturated carbocycles. The Hall–Kier alpha value is -2.39. The summed E-state index contributed by atoms with van der Waals surface area (Å²) in [7, 11) is 0. The number of hydrogen-bond donors (Lipinski definition) is 1. The summed E-state index contributed by atoms with van der Waals surface area (Å²) in [6, 6.07) is 21.8. The summed E-state index contributed by atoms with van der Waals surface area (Å²) in [6.07, 6.45) is 2.94. The molecule has 4 rings (SSSR count). The van der Waals surface area contributed by atoms with Crippen LogP contribution in [-0.4, -0.2) is 30.7 Å². The van der Waals surface area contributed by atoms with Gasteiger partial charge >= 0.3 is 0 Å². The fourth-order valence-corrected chi connectivity index (χ4v) is 3.47. The predicted molar refractivity (Wildman–Crippen MR) is 95.9 cm³/mol. The molecule has 0 spiro atoms. The second-order valence-electron chi connectivity index (χ2n) is 6.09. The van der Waals surface area contributed by atoms with E-state index in [0.717, 1.165) is 31.6 Å². The Balaban J connectivity index is 1.69. The minimum atomic E-state index is 0.457. The van der Waals surface area contributed by atoms with Crippen molar-refractivity contribution in [2.24, 2.45) is 0 Å². The van der Waals surface area contributed by atoms with Gasteiger partial charge in [-0.15, -0.1) is 0 Å². The highest BCUT2D eigenvalue weighted by molar-refractivity contribution is 5.90. The third-order valence-electron chi connectivity index (χ3n) is 4.59. The smallest absolute Gasteiger partial charge is 0.0935 e. The van der Waals surface area contributed by atoms with E-state index in [9.17, 15) is 0 Å². The molecule has 2 heterocycles. The lowest BCUT2D eigenvalue weighted by atomic mass is 10.0. The topological polar surface area (TPSA) is 28.2 Å². The normalized spacial score (nSPS) is 18.3. The summed E-state index contributed by atoms with van der Waals surface area (Å²) in [5.74, 6) is 0. The fourth-order valence-electron chi connectivity index (χ4n) is 3.47. The number of nitrogens with zero attached hydrogens (tertiary/aromatic N) is 2. The largest absolute Gasteiger partial charge is 0.364 e. The molecule has 0 aliphatic carbocycles. The van der Waals surface area contributed by atoms with E-state index >= 15 is 0 Å². The van der Waals surface area contributed by atoms with E-state index in [1.807, 2.05) is 12.3 Å². The first kappa shape index (κ1) is 14.2. The van der Waals surface area contributed by atoms with Gasteiger partial charge in [-0.05, 0) is 24.1 Å². The Kier molecular flexibility index (Phi) is 3.95. The molecule has 2 aromatic carbocycles. The molecule has 1 aliphatic rings. The quantitative estimate of drug-likeness (QED) is 0.805. The third-order valence-corrected chi connectivity index (χ3v) is 4.59. The highest BCUT2D eigenvalue weighted by atomic mass is 15.2. The number of aromatic nitrogens is 1. The van der Waals surface area contributed by atoms with E-state index in [4.69, 9.17) is 0 Å². The number of hydrogen-bond acceptors (Lipinski definition) is 3. The SMILES string of the molecule is c1ccc(CC2CNCCN2c2cccc3cccnc23)cc1. The third kappa shape index (κ3) is 2.92. The van der Waals surface area contributed by atoms with Gasteiger partial charge in [0.1, 0.15) is 0 Å². The molecule has 116 valence electrons. The van der Waals surface area contributed by atoms with Crippen LogP contribution < -0.4 is 10.2 Å². The number of para-hydroxylation sites is 1. The molecule has 1 atom stereocenters. The number of nitrogens with one attached hydrogen (secondary N) is 1. The van der Waals surface area contributed by atoms with Crippen molar-refractivity contribution in [3.8, 4) is 0 Å². The molecule has 0 radical (unpaired) electrons. The maximum atomic E-state index is 4.64. The van der Waals surface area contributed by atoms with Gasteiger partial charge < -0.3 is 10.2 Å². The lowest BCUT2D eigenvalue weighted by molar-refractivity contribution is 0.474. The van der Waals surface area contributed by atoms with Crippen molar-refractivity contribution >= 4 is 16.6 Å². The van der Waals surface area contributed by atoms with Crippen LogP contribution in [0.3, 0.4) is 0 Å². The number of anilines is 1. The number of fused-ring (bicyclic) bond motifs is 1. The lowest BCUT2D eigenvalue weighted by Gasteiger charge is -2.38. The van der Waals surface area contributed by atoms with E-state index in [2.05, 4.69) is 69.8 Å². The molecule has 1 unspecified atom stereocenters. The zero-order chi connectivity index (χ0) is 15.5. The maximum absolute atomic E-state index is 4.64. The van der Waals surface area contributed by atoms with Crippen LogP contribution in [0.2, 0.25) is 0 Å². The summed E-state index contributed by atoms with van der Waals surface area (Å²) in [5.41, 5.74) is 3.75. The van der Waals surface area contributed by atoms with Gasteiger partial charge in [0.2, 0.25) is 0 Å². The van der Waals surface area contributed by atoms with Gasteiger partial charge in [0.25, 0.3) is 0 Å². The molecule has 3 heteroatoms. The Morgan fingerprint density at radius 2 is 1.87 bits per heavy atom. The first-order valence-corrected chi connectivity index (χ1v) is 8.27. The van der Waals surface area contributed by atoms with Crippen molar-refractivity contribution in [2.45, 2.75) is 12.5 Å². The molecule has 1 N–H and O–H groups in total. The Bertz CT molecular complexity index is 780. The van der Waals surface area contributed by atoms with Gasteiger partial charge in [-0.25, -0.2) is 0 Å². The van der Waals surface area contributed by atoms with Crippen molar-refractivity contribution in [2.75, 3.05) is 24.5 Å². The molecule has 1 aliphatic heterocycles. The second kappa shape index (κ2) is 6.39. The number of pyridine rings is 1. The van der Waals surface area contributed by atoms with Gasteiger partial charge in [-0.3, -0.25) is 4.98 Å². The van der Waals surface area contributed by atoms with Crippen LogP contribution in [0.5, 0.6) is 0 Å². The summed E-state index contributed by atoms with van der Waals surface area (Å²) >= 11 is 0. The molecular formula is C20H21N3. The minimum Gasteiger partial charge on any atom is -0.364 e. The Labute approximate surface area is 137 Å². The van der Waals surface area contributed by atoms with E-state index in [1.165, 1.54) is 16.6 Å². The van der Waals surface area contributed by atoms with E-state index in [1.54, 1.807) is 0 Å². The molecule has 3 nitrogen and oxygen atoms in total. The zero-order valence-electron chi connectivity index (χ0n) is 13.2. The number of piperazine rings is 1. The van der Waals surface area contributed by atoms with Gasteiger partial charge in [0.15, 0.2) is 0 Å². The summed E-state index contributed by atoms with van der Waals surface area (Å²) in [5, 5.41) is 4.75. The Morgan fingerprint density at radius 3 is 2.78 bits per heavy atom. The van der Waals surface area contributed by atoms with Crippen molar-refractivity contribution in [1.29, 1.82) is 0 Å². The molecule has 0 bridgehead atoms. The number of rotatable bonds is 3. The molecule has 23 heavy (non-hydrogen) atoms. The van der Waals surface area contributed by atoms with E-state index in [0.29, 0.717) is 6.04 Å². The molecular weight excluding hydrogens is 282 g/mol. The summed E-state index contributed by atoms with van der Waals surface area (Å²) in [4.78, 5) is 7.16. The molecule has 0 amide bonds. The predicted octanol–water partition coefficient (Wildman–Crippen LogP) is 3.26. The van der Waals surface area contributed by atoms with Gasteiger partial charge in [0, 0.05) is 37.3 Å². The maximum Gasteiger partial charge on any atom is 0.0935 e. The summed E-state index contributed by atoms with van der Waals surface area (Å²) < 4.78 is 0. The van der Waals surface area contributed by atoms with Crippen LogP contribution in [0.25, 0.3) is 10.9 Å². The van der Waals surface area contributed by atoms with Crippen LogP contribution in [-0.2, 0) is 6.42 Å². The first-order valence-electron chi connectivity index (χ1n) is 8.27. The molecule has 3 aromatic rings. The van der Waals surface area contributed by atoms with Crippen molar-refractivity contribution in [3.05, 3.63) is 72.4 Å².